The summed E-state index contributed by atoms with van der Waals surface area (Å²) in [5.41, 5.74) is 1.78. The quantitative estimate of drug-likeness (QED) is 0.577. The predicted molar refractivity (Wildman–Crippen MR) is 122 cm³/mol. The van der Waals surface area contributed by atoms with Gasteiger partial charge in [-0.2, -0.15) is 0 Å². The molecule has 7 nitrogen and oxygen atoms in total. The number of ether oxygens (including phenoxy) is 3. The van der Waals surface area contributed by atoms with E-state index in [0.29, 0.717) is 23.2 Å². The second-order valence-electron chi connectivity index (χ2n) is 8.19. The van der Waals surface area contributed by atoms with Crippen molar-refractivity contribution in [2.75, 3.05) is 57.3 Å². The van der Waals surface area contributed by atoms with Crippen LogP contribution in [0.5, 0.6) is 17.2 Å². The number of rotatable bonds is 6. The first kappa shape index (κ1) is 20.6. The molecule has 0 spiro atoms. The highest BCUT2D eigenvalue weighted by Gasteiger charge is 2.30. The fourth-order valence-electron chi connectivity index (χ4n) is 4.29. The lowest BCUT2D eigenvalue weighted by molar-refractivity contribution is 0.355. The Morgan fingerprint density at radius 1 is 0.812 bits per heavy atom. The van der Waals surface area contributed by atoms with Gasteiger partial charge in [-0.1, -0.05) is 0 Å². The van der Waals surface area contributed by atoms with E-state index in [1.807, 2.05) is 12.1 Å². The van der Waals surface area contributed by atoms with Crippen molar-refractivity contribution in [3.63, 3.8) is 0 Å². The van der Waals surface area contributed by atoms with Gasteiger partial charge in [-0.15, -0.1) is 0 Å². The zero-order valence-corrected chi connectivity index (χ0v) is 18.6. The molecular formula is C24H27FN4O3. The molecule has 1 aromatic heterocycles. The molecule has 8 heteroatoms. The molecule has 2 fully saturated rings. The van der Waals surface area contributed by atoms with Crippen molar-refractivity contribution >= 4 is 22.4 Å². The highest BCUT2D eigenvalue weighted by atomic mass is 19.1. The minimum atomic E-state index is -0.298. The van der Waals surface area contributed by atoms with Crippen LogP contribution in [-0.4, -0.2) is 57.5 Å². The summed E-state index contributed by atoms with van der Waals surface area (Å²) < 4.78 is 30.0. The topological polar surface area (TPSA) is 60.0 Å². The molecule has 0 unspecified atom stereocenters. The Bertz CT molecular complexity index is 1140. The van der Waals surface area contributed by atoms with Crippen molar-refractivity contribution in [2.45, 2.75) is 18.8 Å². The van der Waals surface area contributed by atoms with Gasteiger partial charge >= 0.3 is 0 Å². The van der Waals surface area contributed by atoms with Gasteiger partial charge < -0.3 is 24.0 Å². The van der Waals surface area contributed by atoms with Crippen molar-refractivity contribution in [3.8, 4) is 17.2 Å². The molecule has 2 aliphatic rings. The van der Waals surface area contributed by atoms with Crippen molar-refractivity contribution in [1.29, 1.82) is 0 Å². The molecule has 0 amide bonds. The van der Waals surface area contributed by atoms with E-state index in [2.05, 4.69) is 9.80 Å². The Morgan fingerprint density at radius 2 is 1.47 bits per heavy atom. The molecule has 1 aliphatic carbocycles. The summed E-state index contributed by atoms with van der Waals surface area (Å²) in [7, 11) is 4.84. The SMILES string of the molecule is COc1cc2nc(C3CC3)nc(N3CCN(c4ccc(F)cc4OC)CC3)c2cc1OC. The Balaban J connectivity index is 1.47. The molecule has 32 heavy (non-hydrogen) atoms. The van der Waals surface area contributed by atoms with E-state index >= 15 is 0 Å². The van der Waals surface area contributed by atoms with E-state index < -0.39 is 0 Å². The Hall–Kier alpha value is -3.29. The summed E-state index contributed by atoms with van der Waals surface area (Å²) >= 11 is 0. The van der Waals surface area contributed by atoms with Crippen LogP contribution in [0.3, 0.4) is 0 Å². The molecule has 0 atom stereocenters. The van der Waals surface area contributed by atoms with Crippen LogP contribution in [0.2, 0.25) is 0 Å². The molecule has 1 aliphatic heterocycles. The van der Waals surface area contributed by atoms with Gasteiger partial charge in [0.25, 0.3) is 0 Å². The number of methoxy groups -OCH3 is 3. The number of anilines is 2. The molecule has 0 bridgehead atoms. The van der Waals surface area contributed by atoms with Crippen molar-refractivity contribution < 1.29 is 18.6 Å². The number of fused-ring (bicyclic) bond motifs is 1. The lowest BCUT2D eigenvalue weighted by Crippen LogP contribution is -2.47. The van der Waals surface area contributed by atoms with E-state index in [0.717, 1.165) is 67.3 Å². The lowest BCUT2D eigenvalue weighted by Gasteiger charge is -2.37. The third-order valence-corrected chi connectivity index (χ3v) is 6.20. The van der Waals surface area contributed by atoms with Crippen molar-refractivity contribution in [2.24, 2.45) is 0 Å². The summed E-state index contributed by atoms with van der Waals surface area (Å²) in [5.74, 6) is 3.87. The van der Waals surface area contributed by atoms with E-state index in [1.54, 1.807) is 27.4 Å². The number of hydrogen-bond donors (Lipinski definition) is 0. The molecule has 2 aromatic carbocycles. The predicted octanol–water partition coefficient (Wildman–Crippen LogP) is 4.00. The first-order valence-electron chi connectivity index (χ1n) is 10.9. The molecule has 0 radical (unpaired) electrons. The molecule has 168 valence electrons. The summed E-state index contributed by atoms with van der Waals surface area (Å²) in [4.78, 5) is 14.3. The van der Waals surface area contributed by atoms with Gasteiger partial charge in [0, 0.05) is 49.6 Å². The third kappa shape index (κ3) is 3.74. The van der Waals surface area contributed by atoms with E-state index in [9.17, 15) is 4.39 Å². The zero-order valence-electron chi connectivity index (χ0n) is 18.6. The highest BCUT2D eigenvalue weighted by molar-refractivity contribution is 5.92. The van der Waals surface area contributed by atoms with E-state index in [1.165, 1.54) is 12.1 Å². The van der Waals surface area contributed by atoms with Gasteiger partial charge in [-0.3, -0.25) is 0 Å². The van der Waals surface area contributed by atoms with E-state index in [4.69, 9.17) is 24.2 Å². The van der Waals surface area contributed by atoms with Gasteiger partial charge in [-0.25, -0.2) is 14.4 Å². The Labute approximate surface area is 186 Å². The molecule has 1 saturated heterocycles. The van der Waals surface area contributed by atoms with Crippen LogP contribution in [0.1, 0.15) is 24.6 Å². The van der Waals surface area contributed by atoms with Gasteiger partial charge in [0.05, 0.1) is 32.5 Å². The first-order valence-corrected chi connectivity index (χ1v) is 10.9. The van der Waals surface area contributed by atoms with Crippen LogP contribution in [0.15, 0.2) is 30.3 Å². The molecule has 2 heterocycles. The maximum atomic E-state index is 13.6. The largest absolute Gasteiger partial charge is 0.494 e. The normalized spacial score (nSPS) is 16.4. The number of hydrogen-bond acceptors (Lipinski definition) is 7. The fraction of sp³-hybridized carbons (Fsp3) is 0.417. The number of nitrogens with zero attached hydrogens (tertiary/aromatic N) is 4. The minimum absolute atomic E-state index is 0.298. The molecule has 3 aromatic rings. The summed E-state index contributed by atoms with van der Waals surface area (Å²) in [5, 5.41) is 0.958. The lowest BCUT2D eigenvalue weighted by atomic mass is 10.1. The molecule has 0 N–H and O–H groups in total. The number of halogens is 1. The van der Waals surface area contributed by atoms with Crippen LogP contribution >= 0.6 is 0 Å². The summed E-state index contributed by atoms with van der Waals surface area (Å²) in [6, 6.07) is 8.59. The molecular weight excluding hydrogens is 411 g/mol. The Morgan fingerprint density at radius 3 is 2.12 bits per heavy atom. The standard InChI is InChI=1S/C24H27FN4O3/c1-30-20-12-16(25)6-7-19(20)28-8-10-29(11-9-28)24-17-13-21(31-2)22(32-3)14-18(17)26-23(27-24)15-4-5-15/h6-7,12-15H,4-5,8-11H2,1-3H3. The fourth-order valence-corrected chi connectivity index (χ4v) is 4.29. The highest BCUT2D eigenvalue weighted by Crippen LogP contribution is 2.42. The van der Waals surface area contributed by atoms with Crippen LogP contribution in [-0.2, 0) is 0 Å². The number of aromatic nitrogens is 2. The number of benzene rings is 2. The third-order valence-electron chi connectivity index (χ3n) is 6.20. The van der Waals surface area contributed by atoms with Gasteiger partial charge in [0.2, 0.25) is 0 Å². The van der Waals surface area contributed by atoms with Crippen molar-refractivity contribution in [3.05, 3.63) is 42.0 Å². The summed E-state index contributed by atoms with van der Waals surface area (Å²) in [6.07, 6.45) is 2.27. The molecule has 1 saturated carbocycles. The second-order valence-corrected chi connectivity index (χ2v) is 8.19. The summed E-state index contributed by atoms with van der Waals surface area (Å²) in [6.45, 7) is 3.12. The minimum Gasteiger partial charge on any atom is -0.494 e. The smallest absolute Gasteiger partial charge is 0.162 e. The van der Waals surface area contributed by atoms with Crippen molar-refractivity contribution in [1.82, 2.24) is 9.97 Å². The van der Waals surface area contributed by atoms with E-state index in [-0.39, 0.29) is 5.82 Å². The van der Waals surface area contributed by atoms with Crippen LogP contribution < -0.4 is 24.0 Å². The average Bonchev–Trinajstić information content (AvgIpc) is 3.68. The van der Waals surface area contributed by atoms with Crippen LogP contribution in [0.4, 0.5) is 15.9 Å². The van der Waals surface area contributed by atoms with Gasteiger partial charge in [0.1, 0.15) is 23.2 Å². The van der Waals surface area contributed by atoms with Crippen LogP contribution in [0, 0.1) is 5.82 Å². The number of piperazine rings is 1. The van der Waals surface area contributed by atoms with Gasteiger partial charge in [-0.05, 0) is 31.0 Å². The maximum Gasteiger partial charge on any atom is 0.162 e. The van der Waals surface area contributed by atoms with Crippen LogP contribution in [0.25, 0.3) is 10.9 Å². The average molecular weight is 439 g/mol. The zero-order chi connectivity index (χ0) is 22.2. The Kier molecular flexibility index (Phi) is 5.36. The van der Waals surface area contributed by atoms with Gasteiger partial charge in [0.15, 0.2) is 11.5 Å². The first-order chi connectivity index (χ1) is 15.6. The molecule has 5 rings (SSSR count). The monoisotopic (exact) mass is 438 g/mol. The second kappa shape index (κ2) is 8.33. The maximum absolute atomic E-state index is 13.6.